The van der Waals surface area contributed by atoms with Crippen LogP contribution in [0.2, 0.25) is 0 Å². The minimum atomic E-state index is -4.76. The Morgan fingerprint density at radius 2 is 2.15 bits per heavy atom. The molecule has 106 valence electrons. The molecule has 0 bridgehead atoms. The van der Waals surface area contributed by atoms with Gasteiger partial charge in [0.1, 0.15) is 11.1 Å². The van der Waals surface area contributed by atoms with Gasteiger partial charge in [0.15, 0.2) is 5.13 Å². The van der Waals surface area contributed by atoms with Crippen LogP contribution >= 0.6 is 11.3 Å². The predicted octanol–water partition coefficient (Wildman–Crippen LogP) is 1.84. The molecule has 1 saturated heterocycles. The average molecular weight is 318 g/mol. The lowest BCUT2D eigenvalue weighted by molar-refractivity contribution is -0.117. The molecule has 2 aromatic rings. The monoisotopic (exact) mass is 318 g/mol. The molecule has 1 aromatic heterocycles. The van der Waals surface area contributed by atoms with Crippen molar-refractivity contribution in [2.45, 2.75) is 11.7 Å². The van der Waals surface area contributed by atoms with Gasteiger partial charge in [-0.2, -0.15) is 8.42 Å². The van der Waals surface area contributed by atoms with Crippen molar-refractivity contribution in [2.24, 2.45) is 0 Å². The number of fused-ring (bicyclic) bond motifs is 1. The van der Waals surface area contributed by atoms with Crippen LogP contribution < -0.4 is 4.90 Å². The van der Waals surface area contributed by atoms with E-state index in [2.05, 4.69) is 4.98 Å². The second-order valence-electron chi connectivity index (χ2n) is 4.41. The van der Waals surface area contributed by atoms with Gasteiger partial charge in [-0.1, -0.05) is 11.3 Å². The molecule has 0 spiro atoms. The van der Waals surface area contributed by atoms with E-state index in [0.717, 1.165) is 16.2 Å². The average Bonchev–Trinajstić information content (AvgIpc) is 2.90. The molecule has 3 rings (SSSR count). The molecule has 2 heterocycles. The molecule has 0 radical (unpaired) electrons. The Kier molecular flexibility index (Phi) is 2.98. The number of thiazole rings is 1. The molecule has 1 aromatic carbocycles. The van der Waals surface area contributed by atoms with Crippen LogP contribution in [0.5, 0.6) is 0 Å². The summed E-state index contributed by atoms with van der Waals surface area (Å²) in [5.74, 6) is -0.930. The van der Waals surface area contributed by atoms with E-state index in [9.17, 15) is 21.5 Å². The lowest BCUT2D eigenvalue weighted by Crippen LogP contribution is -2.26. The zero-order valence-corrected chi connectivity index (χ0v) is 11.5. The van der Waals surface area contributed by atoms with Crippen molar-refractivity contribution in [2.75, 3.05) is 11.4 Å². The van der Waals surface area contributed by atoms with E-state index in [1.54, 1.807) is 0 Å². The van der Waals surface area contributed by atoms with Crippen LogP contribution in [-0.2, 0) is 15.0 Å². The van der Waals surface area contributed by atoms with Crippen molar-refractivity contribution in [3.63, 3.8) is 0 Å². The summed E-state index contributed by atoms with van der Waals surface area (Å²) in [5.41, 5.74) is 0.505. The first-order valence-corrected chi connectivity index (χ1v) is 7.91. The second-order valence-corrected chi connectivity index (χ2v) is 7.04. The Morgan fingerprint density at radius 1 is 1.40 bits per heavy atom. The summed E-state index contributed by atoms with van der Waals surface area (Å²) in [6, 6.07) is 3.99. The molecule has 1 amide bonds. The van der Waals surface area contributed by atoms with Crippen molar-refractivity contribution in [1.29, 1.82) is 0 Å². The number of halogens is 2. The van der Waals surface area contributed by atoms with Crippen molar-refractivity contribution in [3.8, 4) is 0 Å². The van der Waals surface area contributed by atoms with Gasteiger partial charge in [0, 0.05) is 13.0 Å². The minimum absolute atomic E-state index is 0.252. The Hall–Kier alpha value is -1.61. The van der Waals surface area contributed by atoms with E-state index in [1.807, 2.05) is 0 Å². The molecule has 20 heavy (non-hydrogen) atoms. The molecule has 5 nitrogen and oxygen atoms in total. The normalized spacial score (nSPS) is 20.0. The maximum atomic E-state index is 13.1. The summed E-state index contributed by atoms with van der Waals surface area (Å²) in [6.45, 7) is -0.264. The number of anilines is 1. The predicted molar refractivity (Wildman–Crippen MR) is 70.4 cm³/mol. The van der Waals surface area contributed by atoms with Gasteiger partial charge in [-0.3, -0.25) is 9.69 Å². The largest absolute Gasteiger partial charge is 0.307 e. The van der Waals surface area contributed by atoms with Gasteiger partial charge < -0.3 is 0 Å². The van der Waals surface area contributed by atoms with Crippen LogP contribution in [0.15, 0.2) is 18.2 Å². The number of aromatic nitrogens is 1. The Balaban J connectivity index is 1.97. The van der Waals surface area contributed by atoms with Gasteiger partial charge in [-0.25, -0.2) is 9.37 Å². The third-order valence-electron chi connectivity index (χ3n) is 3.06. The maximum absolute atomic E-state index is 13.1. The van der Waals surface area contributed by atoms with E-state index < -0.39 is 33.6 Å². The Labute approximate surface area is 117 Å². The fraction of sp³-hybridized carbons (Fsp3) is 0.273. The summed E-state index contributed by atoms with van der Waals surface area (Å²) in [7, 11) is -4.76. The molecule has 0 N–H and O–H groups in total. The highest BCUT2D eigenvalue weighted by Gasteiger charge is 2.40. The molecule has 0 saturated carbocycles. The maximum Gasteiger partial charge on any atom is 0.307 e. The highest BCUT2D eigenvalue weighted by Crippen LogP contribution is 2.33. The van der Waals surface area contributed by atoms with Gasteiger partial charge in [0.25, 0.3) is 0 Å². The second kappa shape index (κ2) is 4.45. The number of nitrogens with zero attached hydrogens (tertiary/aromatic N) is 2. The van der Waals surface area contributed by atoms with Gasteiger partial charge in [-0.15, -0.1) is 3.89 Å². The standard InChI is InChI=1S/C11H8F2N2O3S2/c12-6-1-2-8-9(3-6)19-11(14-8)15-5-7(4-10(15)16)20(13,17)18/h1-3,7H,4-5H2. The van der Waals surface area contributed by atoms with E-state index in [4.69, 9.17) is 0 Å². The van der Waals surface area contributed by atoms with Crippen LogP contribution in [0, 0.1) is 5.82 Å². The smallest absolute Gasteiger partial charge is 0.287 e. The molecular formula is C11H8F2N2O3S2. The fourth-order valence-corrected chi connectivity index (χ4v) is 3.74. The van der Waals surface area contributed by atoms with Crippen LogP contribution in [0.25, 0.3) is 10.2 Å². The number of hydrogen-bond donors (Lipinski definition) is 0. The summed E-state index contributed by atoms with van der Waals surface area (Å²) >= 11 is 1.06. The molecule has 1 aliphatic rings. The number of carbonyl (C=O) groups excluding carboxylic acids is 1. The third kappa shape index (κ3) is 2.27. The summed E-state index contributed by atoms with van der Waals surface area (Å²) < 4.78 is 48.3. The topological polar surface area (TPSA) is 67.3 Å². The van der Waals surface area contributed by atoms with Crippen LogP contribution in [0.1, 0.15) is 6.42 Å². The highest BCUT2D eigenvalue weighted by atomic mass is 32.3. The van der Waals surface area contributed by atoms with E-state index in [0.29, 0.717) is 10.2 Å². The number of hydrogen-bond acceptors (Lipinski definition) is 5. The number of benzene rings is 1. The van der Waals surface area contributed by atoms with E-state index >= 15 is 0 Å². The summed E-state index contributed by atoms with van der Waals surface area (Å²) in [4.78, 5) is 17.0. The molecule has 0 aliphatic carbocycles. The quantitative estimate of drug-likeness (QED) is 0.793. The Morgan fingerprint density at radius 3 is 2.80 bits per heavy atom. The van der Waals surface area contributed by atoms with E-state index in [-0.39, 0.29) is 11.7 Å². The van der Waals surface area contributed by atoms with E-state index in [1.165, 1.54) is 18.2 Å². The lowest BCUT2D eigenvalue weighted by Gasteiger charge is -2.11. The van der Waals surface area contributed by atoms with Gasteiger partial charge in [0.2, 0.25) is 5.91 Å². The van der Waals surface area contributed by atoms with Crippen molar-refractivity contribution in [3.05, 3.63) is 24.0 Å². The first-order chi connectivity index (χ1) is 9.34. The SMILES string of the molecule is O=C1CC(S(=O)(=O)F)CN1c1nc2ccc(F)cc2s1. The van der Waals surface area contributed by atoms with Crippen LogP contribution in [0.4, 0.5) is 13.4 Å². The van der Waals surface area contributed by atoms with Gasteiger partial charge in [-0.05, 0) is 18.2 Å². The van der Waals surface area contributed by atoms with Crippen molar-refractivity contribution < 1.29 is 21.5 Å². The number of carbonyl (C=O) groups is 1. The first-order valence-electron chi connectivity index (χ1n) is 5.64. The van der Waals surface area contributed by atoms with Gasteiger partial charge in [0.05, 0.1) is 10.2 Å². The number of rotatable bonds is 2. The summed E-state index contributed by atoms with van der Waals surface area (Å²) in [5, 5.41) is -1.11. The number of amides is 1. The lowest BCUT2D eigenvalue weighted by atomic mass is 10.3. The van der Waals surface area contributed by atoms with Crippen molar-refractivity contribution >= 4 is 42.8 Å². The Bertz CT molecular complexity index is 803. The molecule has 1 unspecified atom stereocenters. The van der Waals surface area contributed by atoms with Crippen LogP contribution in [-0.4, -0.2) is 31.1 Å². The zero-order valence-electron chi connectivity index (χ0n) is 9.92. The molecule has 1 atom stereocenters. The van der Waals surface area contributed by atoms with Gasteiger partial charge >= 0.3 is 10.2 Å². The molecule has 1 aliphatic heterocycles. The summed E-state index contributed by atoms with van der Waals surface area (Å²) in [6.07, 6.45) is -0.400. The third-order valence-corrected chi connectivity index (χ3v) is 5.21. The molecular weight excluding hydrogens is 310 g/mol. The minimum Gasteiger partial charge on any atom is -0.287 e. The molecule has 1 fully saturated rings. The molecule has 9 heteroatoms. The highest BCUT2D eigenvalue weighted by molar-refractivity contribution is 7.87. The van der Waals surface area contributed by atoms with Crippen molar-refractivity contribution in [1.82, 2.24) is 4.98 Å². The fourth-order valence-electron chi connectivity index (χ4n) is 2.05. The zero-order chi connectivity index (χ0) is 14.5. The first kappa shape index (κ1) is 13.4. The van der Waals surface area contributed by atoms with Crippen LogP contribution in [0.3, 0.4) is 0 Å².